The topological polar surface area (TPSA) is 83.2 Å². The van der Waals surface area contributed by atoms with Gasteiger partial charge in [-0.05, 0) is 60.9 Å². The number of hydrogen-bond acceptors (Lipinski definition) is 4. The lowest BCUT2D eigenvalue weighted by Crippen LogP contribution is -2.41. The predicted octanol–water partition coefficient (Wildman–Crippen LogP) is 4.11. The first kappa shape index (κ1) is 21.2. The van der Waals surface area contributed by atoms with Crippen LogP contribution in [0.15, 0.2) is 18.3 Å². The largest absolute Gasteiger partial charge is 0.382 e. The van der Waals surface area contributed by atoms with Crippen LogP contribution in [0.3, 0.4) is 0 Å². The van der Waals surface area contributed by atoms with E-state index >= 15 is 0 Å². The number of carbonyl (C=O) groups excluding carboxylic acids is 1. The van der Waals surface area contributed by atoms with Gasteiger partial charge in [0.15, 0.2) is 0 Å². The number of anilines is 1. The maximum absolute atomic E-state index is 13.7. The van der Waals surface area contributed by atoms with Gasteiger partial charge in [-0.3, -0.25) is 9.89 Å². The number of ether oxygens (including phenoxy) is 2. The Labute approximate surface area is 188 Å². The Balaban J connectivity index is 1.60. The smallest absolute Gasteiger partial charge is 0.237 e. The van der Waals surface area contributed by atoms with Gasteiger partial charge in [-0.2, -0.15) is 5.10 Å². The van der Waals surface area contributed by atoms with E-state index in [4.69, 9.17) is 9.47 Å². The van der Waals surface area contributed by atoms with Gasteiger partial charge in [0.1, 0.15) is 5.69 Å². The standard InChI is InChI=1S/C25H32N4O3/c1-4-25(5-2)19-14-20-18(13-21(19)29(24(25)30)9-10-32-12-11-31-3)17-8-6-7-16-15-26-28-22(16)23(17)27-20/h13-15,27H,4-12H2,1-3H3,(H,26,28). The number of benzene rings is 1. The molecule has 0 spiro atoms. The van der Waals surface area contributed by atoms with Crippen LogP contribution in [0.2, 0.25) is 0 Å². The molecular weight excluding hydrogens is 404 g/mol. The van der Waals surface area contributed by atoms with Crippen molar-refractivity contribution in [3.63, 3.8) is 0 Å². The van der Waals surface area contributed by atoms with Gasteiger partial charge in [0, 0.05) is 36.4 Å². The zero-order chi connectivity index (χ0) is 22.3. The molecular formula is C25H32N4O3. The molecule has 1 aromatic carbocycles. The molecule has 1 amide bonds. The Kier molecular flexibility index (Phi) is 5.55. The van der Waals surface area contributed by atoms with Crippen molar-refractivity contribution in [1.29, 1.82) is 0 Å². The van der Waals surface area contributed by atoms with Gasteiger partial charge in [-0.15, -0.1) is 0 Å². The van der Waals surface area contributed by atoms with Crippen LogP contribution in [-0.2, 0) is 32.5 Å². The number of aryl methyl sites for hydroxylation is 2. The molecule has 0 saturated heterocycles. The molecule has 5 rings (SSSR count). The monoisotopic (exact) mass is 436 g/mol. The molecule has 0 bridgehead atoms. The number of hydrogen-bond donors (Lipinski definition) is 2. The van der Waals surface area contributed by atoms with E-state index in [2.05, 4.69) is 41.2 Å². The van der Waals surface area contributed by atoms with Crippen LogP contribution in [0.1, 0.15) is 49.8 Å². The van der Waals surface area contributed by atoms with Crippen LogP contribution in [0.5, 0.6) is 0 Å². The van der Waals surface area contributed by atoms with Gasteiger partial charge >= 0.3 is 0 Å². The van der Waals surface area contributed by atoms with E-state index < -0.39 is 5.41 Å². The highest BCUT2D eigenvalue weighted by atomic mass is 16.5. The Morgan fingerprint density at radius 2 is 2.00 bits per heavy atom. The molecule has 0 radical (unpaired) electrons. The number of aromatic nitrogens is 3. The fourth-order valence-corrected chi connectivity index (χ4v) is 5.57. The first-order valence-corrected chi connectivity index (χ1v) is 11.7. The summed E-state index contributed by atoms with van der Waals surface area (Å²) in [5, 5.41) is 8.78. The van der Waals surface area contributed by atoms with Crippen molar-refractivity contribution in [2.45, 2.75) is 51.4 Å². The van der Waals surface area contributed by atoms with Crippen molar-refractivity contribution in [2.75, 3.05) is 38.4 Å². The SMILES string of the molecule is CCC1(CC)C(=O)N(CCOCCOC)c2cc3c4c([nH]c3cc21)-c1n[nH]cc1CCC4. The van der Waals surface area contributed by atoms with Crippen LogP contribution in [0.25, 0.3) is 22.3 Å². The minimum absolute atomic E-state index is 0.196. The van der Waals surface area contributed by atoms with Gasteiger partial charge in [0.05, 0.1) is 30.9 Å². The summed E-state index contributed by atoms with van der Waals surface area (Å²) in [7, 11) is 1.66. The lowest BCUT2D eigenvalue weighted by Gasteiger charge is -2.26. The number of fused-ring (bicyclic) bond motifs is 6. The fraction of sp³-hybridized carbons (Fsp3) is 0.520. The van der Waals surface area contributed by atoms with E-state index in [0.717, 1.165) is 60.3 Å². The van der Waals surface area contributed by atoms with Gasteiger partial charge < -0.3 is 19.4 Å². The first-order valence-electron chi connectivity index (χ1n) is 11.7. The van der Waals surface area contributed by atoms with Gasteiger partial charge in [0.25, 0.3) is 0 Å². The van der Waals surface area contributed by atoms with E-state index in [9.17, 15) is 4.79 Å². The van der Waals surface area contributed by atoms with Crippen molar-refractivity contribution >= 4 is 22.5 Å². The molecule has 3 aromatic rings. The van der Waals surface area contributed by atoms with Crippen LogP contribution in [0, 0.1) is 0 Å². The van der Waals surface area contributed by atoms with Crippen molar-refractivity contribution < 1.29 is 14.3 Å². The van der Waals surface area contributed by atoms with Crippen molar-refractivity contribution in [3.05, 3.63) is 35.0 Å². The second kappa shape index (κ2) is 8.37. The molecule has 1 aliphatic heterocycles. The molecule has 2 N–H and O–H groups in total. The highest BCUT2D eigenvalue weighted by Gasteiger charge is 2.48. The number of nitrogens with zero attached hydrogens (tertiary/aromatic N) is 2. The first-order chi connectivity index (χ1) is 15.6. The van der Waals surface area contributed by atoms with Gasteiger partial charge in [0.2, 0.25) is 5.91 Å². The number of amides is 1. The number of methoxy groups -OCH3 is 1. The Morgan fingerprint density at radius 1 is 1.16 bits per heavy atom. The van der Waals surface area contributed by atoms with E-state index in [1.807, 2.05) is 11.1 Å². The molecule has 2 aromatic heterocycles. The number of nitrogens with one attached hydrogen (secondary N) is 2. The third kappa shape index (κ3) is 3.10. The minimum atomic E-state index is -0.476. The normalized spacial score (nSPS) is 16.8. The molecule has 7 nitrogen and oxygen atoms in total. The number of carbonyl (C=O) groups is 1. The highest BCUT2D eigenvalue weighted by Crippen LogP contribution is 2.49. The summed E-state index contributed by atoms with van der Waals surface area (Å²) in [6, 6.07) is 4.46. The highest BCUT2D eigenvalue weighted by molar-refractivity contribution is 6.11. The molecule has 0 saturated carbocycles. The van der Waals surface area contributed by atoms with Crippen LogP contribution >= 0.6 is 0 Å². The number of H-pyrrole nitrogens is 2. The molecule has 7 heteroatoms. The van der Waals surface area contributed by atoms with Crippen molar-refractivity contribution in [1.82, 2.24) is 15.2 Å². The van der Waals surface area contributed by atoms with Gasteiger partial charge in [-0.1, -0.05) is 13.8 Å². The molecule has 32 heavy (non-hydrogen) atoms. The lowest BCUT2D eigenvalue weighted by atomic mass is 9.76. The minimum Gasteiger partial charge on any atom is -0.382 e. The maximum atomic E-state index is 13.7. The molecule has 2 aliphatic rings. The Hall–Kier alpha value is -2.64. The Morgan fingerprint density at radius 3 is 2.78 bits per heavy atom. The fourth-order valence-electron chi connectivity index (χ4n) is 5.57. The molecule has 0 fully saturated rings. The van der Waals surface area contributed by atoms with Gasteiger partial charge in [-0.25, -0.2) is 0 Å². The Bertz CT molecular complexity index is 1140. The number of aromatic amines is 2. The summed E-state index contributed by atoms with van der Waals surface area (Å²) in [5.41, 5.74) is 7.53. The van der Waals surface area contributed by atoms with Crippen molar-refractivity contribution in [3.8, 4) is 11.4 Å². The molecule has 170 valence electrons. The van der Waals surface area contributed by atoms with Crippen LogP contribution < -0.4 is 4.90 Å². The van der Waals surface area contributed by atoms with E-state index in [1.165, 1.54) is 16.5 Å². The third-order valence-corrected chi connectivity index (χ3v) is 7.41. The second-order valence-corrected chi connectivity index (χ2v) is 8.86. The summed E-state index contributed by atoms with van der Waals surface area (Å²) in [6.45, 7) is 6.39. The molecule has 0 unspecified atom stereocenters. The average molecular weight is 437 g/mol. The average Bonchev–Trinajstić information content (AvgIpc) is 3.43. The zero-order valence-electron chi connectivity index (χ0n) is 19.2. The second-order valence-electron chi connectivity index (χ2n) is 8.86. The molecule has 1 aliphatic carbocycles. The van der Waals surface area contributed by atoms with E-state index in [0.29, 0.717) is 26.4 Å². The summed E-state index contributed by atoms with van der Waals surface area (Å²) in [5.74, 6) is 0.196. The summed E-state index contributed by atoms with van der Waals surface area (Å²) in [6.07, 6.45) is 6.70. The predicted molar refractivity (Wildman–Crippen MR) is 125 cm³/mol. The summed E-state index contributed by atoms with van der Waals surface area (Å²) in [4.78, 5) is 19.3. The van der Waals surface area contributed by atoms with Crippen LogP contribution in [0.4, 0.5) is 5.69 Å². The summed E-state index contributed by atoms with van der Waals surface area (Å²) < 4.78 is 10.8. The van der Waals surface area contributed by atoms with E-state index in [1.54, 1.807) is 7.11 Å². The van der Waals surface area contributed by atoms with Crippen LogP contribution in [-0.4, -0.2) is 54.6 Å². The number of rotatable bonds is 8. The quantitative estimate of drug-likeness (QED) is 0.521. The summed E-state index contributed by atoms with van der Waals surface area (Å²) >= 11 is 0. The maximum Gasteiger partial charge on any atom is 0.237 e. The molecule has 3 heterocycles. The lowest BCUT2D eigenvalue weighted by molar-refractivity contribution is -0.123. The third-order valence-electron chi connectivity index (χ3n) is 7.41. The zero-order valence-corrected chi connectivity index (χ0v) is 19.2. The van der Waals surface area contributed by atoms with E-state index in [-0.39, 0.29) is 5.91 Å². The molecule has 0 atom stereocenters. The van der Waals surface area contributed by atoms with Crippen molar-refractivity contribution in [2.24, 2.45) is 0 Å².